The predicted octanol–water partition coefficient (Wildman–Crippen LogP) is 5.54. The zero-order chi connectivity index (χ0) is 42.6. The average molecular weight is 847 g/mol. The van der Waals surface area contributed by atoms with Gasteiger partial charge >= 0.3 is 5.97 Å². The first-order valence-corrected chi connectivity index (χ1v) is 24.4. The van der Waals surface area contributed by atoms with E-state index in [4.69, 9.17) is 19.9 Å². The van der Waals surface area contributed by atoms with Crippen molar-refractivity contribution in [2.24, 2.45) is 10.8 Å². The third kappa shape index (κ3) is 10.0. The molecule has 0 radical (unpaired) electrons. The highest BCUT2D eigenvalue weighted by Gasteiger charge is 2.48. The van der Waals surface area contributed by atoms with E-state index in [1.54, 1.807) is 21.8 Å². The molecule has 2 fully saturated rings. The first kappa shape index (κ1) is 41.8. The van der Waals surface area contributed by atoms with E-state index in [9.17, 15) is 14.7 Å². The second-order valence-corrected chi connectivity index (χ2v) is 23.6. The molecule has 0 atom stereocenters. The molecule has 1 amide bonds. The Balaban J connectivity index is 0.000000133. The molecule has 2 spiro atoms. The maximum atomic E-state index is 12.7. The first-order chi connectivity index (χ1) is 29.3. The van der Waals surface area contributed by atoms with E-state index in [2.05, 4.69) is 62.6 Å². The van der Waals surface area contributed by atoms with Crippen molar-refractivity contribution >= 4 is 31.3 Å². The fourth-order valence-corrected chi connectivity index (χ4v) is 8.91. The Kier molecular flexibility index (Phi) is 12.1. The number of nitrogens with two attached hydrogens (primary N) is 1. The van der Waals surface area contributed by atoms with Crippen LogP contribution in [0.1, 0.15) is 54.6 Å². The lowest BCUT2D eigenvalue weighted by Gasteiger charge is -2.37. The molecule has 4 aliphatic rings. The predicted molar refractivity (Wildman–Crippen MR) is 231 cm³/mol. The van der Waals surface area contributed by atoms with Crippen molar-refractivity contribution < 1.29 is 28.9 Å². The lowest BCUT2D eigenvalue weighted by molar-refractivity contribution is -0.107. The van der Waals surface area contributed by atoms with Crippen molar-refractivity contribution in [1.29, 1.82) is 0 Å². The van der Waals surface area contributed by atoms with Gasteiger partial charge in [0.15, 0.2) is 11.4 Å². The highest BCUT2D eigenvalue weighted by atomic mass is 28.3. The maximum absolute atomic E-state index is 12.7. The fourth-order valence-electron chi connectivity index (χ4n) is 8.16. The van der Waals surface area contributed by atoms with Crippen LogP contribution in [0, 0.1) is 10.8 Å². The standard InChI is InChI=1S/C19H19N5O2.C15H24N2O4Si.C10H11N3/c25-18(17-15-6-19(11-26-12-19)7-16(15)22-23-17)21-14-8-20-24(10-14)9-13-4-2-1-3-5-13;1-22(2,3)5-4-20-10-17-12-7-15(8-21-9-15)6-11(12)13(16-17)14(18)19;11-10-6-12-13(8-10)7-9-4-2-1-3-5-9/h1-5,8,10H,6-7,9,11-12H2,(H,21,25)(H,22,23);4-10H2,1-3H3,(H,18,19);1-6,8H,7,11H2. The van der Waals surface area contributed by atoms with Gasteiger partial charge in [-0.2, -0.15) is 20.4 Å². The monoisotopic (exact) mass is 846 g/mol. The third-order valence-corrected chi connectivity index (χ3v) is 13.2. The minimum atomic E-state index is -1.11. The summed E-state index contributed by atoms with van der Waals surface area (Å²) in [6.45, 7) is 12.4. The summed E-state index contributed by atoms with van der Waals surface area (Å²) in [5.41, 5.74) is 14.3. The summed E-state index contributed by atoms with van der Waals surface area (Å²) in [4.78, 5) is 24.1. The number of nitrogen functional groups attached to an aromatic ring is 1. The second-order valence-electron chi connectivity index (χ2n) is 18.0. The number of hydrogen-bond acceptors (Lipinski definition) is 10. The molecule has 5 N–H and O–H groups in total. The van der Waals surface area contributed by atoms with Gasteiger partial charge in [0, 0.05) is 66.8 Å². The lowest BCUT2D eigenvalue weighted by Crippen LogP contribution is -2.43. The van der Waals surface area contributed by atoms with Crippen molar-refractivity contribution in [1.82, 2.24) is 39.5 Å². The van der Waals surface area contributed by atoms with Gasteiger partial charge in [-0.3, -0.25) is 19.3 Å². The number of carboxylic acid groups (broad SMARTS) is 1. The normalized spacial score (nSPS) is 16.4. The summed E-state index contributed by atoms with van der Waals surface area (Å²) in [6.07, 6.45) is 10.4. The van der Waals surface area contributed by atoms with Crippen LogP contribution in [0.4, 0.5) is 11.4 Å². The minimum Gasteiger partial charge on any atom is -0.476 e. The van der Waals surface area contributed by atoms with Gasteiger partial charge in [0.2, 0.25) is 0 Å². The number of rotatable bonds is 12. The molecule has 4 aromatic heterocycles. The van der Waals surface area contributed by atoms with E-state index in [0.29, 0.717) is 37.0 Å². The zero-order valence-corrected chi connectivity index (χ0v) is 36.0. The molecule has 61 heavy (non-hydrogen) atoms. The molecule has 6 aromatic rings. The van der Waals surface area contributed by atoms with Gasteiger partial charge in [-0.05, 0) is 36.4 Å². The minimum absolute atomic E-state index is 0.109. The van der Waals surface area contributed by atoms with Crippen molar-refractivity contribution in [3.8, 4) is 0 Å². The number of hydrogen-bond donors (Lipinski definition) is 4. The Labute approximate surface area is 355 Å². The topological polar surface area (TPSA) is 202 Å². The number of aromatic amines is 1. The molecule has 16 nitrogen and oxygen atoms in total. The molecule has 10 rings (SSSR count). The van der Waals surface area contributed by atoms with Crippen LogP contribution in [0.5, 0.6) is 0 Å². The van der Waals surface area contributed by atoms with Gasteiger partial charge in [0.25, 0.3) is 5.91 Å². The number of aromatic carboxylic acids is 1. The van der Waals surface area contributed by atoms with Crippen LogP contribution in [0.25, 0.3) is 0 Å². The summed E-state index contributed by atoms with van der Waals surface area (Å²) in [7, 11) is -1.11. The average Bonchev–Trinajstić information content (AvgIpc) is 4.05. The van der Waals surface area contributed by atoms with Crippen LogP contribution in [0.2, 0.25) is 25.7 Å². The Morgan fingerprint density at radius 2 is 1.44 bits per heavy atom. The zero-order valence-electron chi connectivity index (χ0n) is 35.0. The highest BCUT2D eigenvalue weighted by molar-refractivity contribution is 6.76. The molecule has 6 heterocycles. The number of carbonyl (C=O) groups is 2. The Bertz CT molecular complexity index is 2440. The molecule has 0 saturated carbocycles. The summed E-state index contributed by atoms with van der Waals surface area (Å²) in [5.74, 6) is -1.14. The maximum Gasteiger partial charge on any atom is 0.356 e. The van der Waals surface area contributed by atoms with E-state index < -0.39 is 14.0 Å². The van der Waals surface area contributed by atoms with Crippen molar-refractivity contribution in [2.45, 2.75) is 71.2 Å². The summed E-state index contributed by atoms with van der Waals surface area (Å²) >= 11 is 0. The van der Waals surface area contributed by atoms with Crippen LogP contribution in [0.15, 0.2) is 85.5 Å². The molecular formula is C44H54N10O6Si. The van der Waals surface area contributed by atoms with Crippen LogP contribution in [-0.4, -0.2) is 97.6 Å². The van der Waals surface area contributed by atoms with Gasteiger partial charge in [0.05, 0.1) is 63.3 Å². The van der Waals surface area contributed by atoms with Gasteiger partial charge < -0.3 is 30.4 Å². The Morgan fingerprint density at radius 1 is 0.836 bits per heavy atom. The molecule has 0 bridgehead atoms. The number of amides is 1. The molecule has 2 aromatic carbocycles. The quantitative estimate of drug-likeness (QED) is 0.0890. The summed E-state index contributed by atoms with van der Waals surface area (Å²) in [6, 6.07) is 21.3. The number of H-pyrrole nitrogens is 1. The highest BCUT2D eigenvalue weighted by Crippen LogP contribution is 2.44. The van der Waals surface area contributed by atoms with Crippen LogP contribution >= 0.6 is 0 Å². The molecule has 320 valence electrons. The number of ether oxygens (including phenoxy) is 3. The number of fused-ring (bicyclic) bond motifs is 2. The number of benzene rings is 2. The Morgan fingerprint density at radius 3 is 2.02 bits per heavy atom. The third-order valence-electron chi connectivity index (χ3n) is 11.5. The van der Waals surface area contributed by atoms with Gasteiger partial charge in [-0.15, -0.1) is 0 Å². The Hall–Kier alpha value is -5.88. The van der Waals surface area contributed by atoms with Crippen LogP contribution in [0.3, 0.4) is 0 Å². The molecule has 2 aliphatic heterocycles. The smallest absolute Gasteiger partial charge is 0.356 e. The number of nitrogens with one attached hydrogen (secondary N) is 2. The number of anilines is 2. The first-order valence-electron chi connectivity index (χ1n) is 20.7. The number of carbonyl (C=O) groups excluding carboxylic acids is 1. The van der Waals surface area contributed by atoms with E-state index in [1.807, 2.05) is 65.6 Å². The number of carboxylic acids is 1. The fraction of sp³-hybridized carbons (Fsp3) is 0.409. The molecule has 0 unspecified atom stereocenters. The number of aromatic nitrogens is 8. The largest absolute Gasteiger partial charge is 0.476 e. The van der Waals surface area contributed by atoms with Gasteiger partial charge in [-0.1, -0.05) is 80.3 Å². The van der Waals surface area contributed by atoms with Crippen LogP contribution < -0.4 is 11.1 Å². The summed E-state index contributed by atoms with van der Waals surface area (Å²) in [5, 5.41) is 32.2. The van der Waals surface area contributed by atoms with Crippen LogP contribution in [-0.2, 0) is 59.7 Å². The number of nitrogens with zero attached hydrogens (tertiary/aromatic N) is 7. The molecule has 2 saturated heterocycles. The summed E-state index contributed by atoms with van der Waals surface area (Å²) < 4.78 is 21.8. The van der Waals surface area contributed by atoms with Crippen molar-refractivity contribution in [3.63, 3.8) is 0 Å². The van der Waals surface area contributed by atoms with Gasteiger partial charge in [0.1, 0.15) is 6.73 Å². The second kappa shape index (κ2) is 17.6. The van der Waals surface area contributed by atoms with E-state index in [0.717, 1.165) is 92.8 Å². The van der Waals surface area contributed by atoms with Crippen molar-refractivity contribution in [3.05, 3.63) is 130 Å². The van der Waals surface area contributed by atoms with Gasteiger partial charge in [-0.25, -0.2) is 9.48 Å². The van der Waals surface area contributed by atoms with E-state index in [-0.39, 0.29) is 22.4 Å². The molecule has 17 heteroatoms. The van der Waals surface area contributed by atoms with E-state index >= 15 is 0 Å². The van der Waals surface area contributed by atoms with Crippen molar-refractivity contribution in [2.75, 3.05) is 44.1 Å². The SMILES string of the molecule is C[Si](C)(C)CCOCn1nc(C(=O)O)c2c1CC1(COC1)C2.Nc1cnn(Cc2ccccc2)c1.O=C(Nc1cnn(Cc2ccccc2)c1)c1n[nH]c2c1CC1(COC1)C2. The molecule has 2 aliphatic carbocycles. The molecular weight excluding hydrogens is 793 g/mol. The lowest BCUT2D eigenvalue weighted by atomic mass is 9.83. The van der Waals surface area contributed by atoms with E-state index in [1.165, 1.54) is 5.56 Å².